The van der Waals surface area contributed by atoms with Crippen LogP contribution in [0.25, 0.3) is 10.2 Å². The second-order valence-corrected chi connectivity index (χ2v) is 6.11. The van der Waals surface area contributed by atoms with Crippen molar-refractivity contribution in [2.24, 2.45) is 0 Å². The lowest BCUT2D eigenvalue weighted by atomic mass is 10.2. The van der Waals surface area contributed by atoms with Crippen molar-refractivity contribution < 1.29 is 4.74 Å². The summed E-state index contributed by atoms with van der Waals surface area (Å²) in [6.07, 6.45) is 0. The number of ether oxygens (including phenoxy) is 1. The molecule has 1 aromatic carbocycles. The summed E-state index contributed by atoms with van der Waals surface area (Å²) < 4.78 is 7.96. The Bertz CT molecular complexity index is 647. The van der Waals surface area contributed by atoms with Gasteiger partial charge in [0.25, 0.3) is 0 Å². The van der Waals surface area contributed by atoms with E-state index in [4.69, 9.17) is 4.74 Å². The van der Waals surface area contributed by atoms with Gasteiger partial charge in [0.05, 0.1) is 23.4 Å². The van der Waals surface area contributed by atoms with Gasteiger partial charge in [-0.05, 0) is 34.2 Å². The Morgan fingerprint density at radius 1 is 1.22 bits per heavy atom. The fourth-order valence-corrected chi connectivity index (χ4v) is 3.42. The number of thiophene rings is 1. The van der Waals surface area contributed by atoms with E-state index in [9.17, 15) is 0 Å². The van der Waals surface area contributed by atoms with E-state index in [0.29, 0.717) is 13.2 Å². The van der Waals surface area contributed by atoms with Crippen LogP contribution >= 0.6 is 33.9 Å². The third kappa shape index (κ3) is 2.57. The first-order valence-electron chi connectivity index (χ1n) is 5.57. The molecule has 3 nitrogen and oxygen atoms in total. The summed E-state index contributed by atoms with van der Waals surface area (Å²) in [4.78, 5) is 1.23. The number of halogens is 1. The third-order valence-electron chi connectivity index (χ3n) is 2.60. The zero-order valence-electron chi connectivity index (χ0n) is 9.52. The van der Waals surface area contributed by atoms with Crippen LogP contribution < -0.4 is 0 Å². The van der Waals surface area contributed by atoms with Gasteiger partial charge in [0.15, 0.2) is 0 Å². The molecule has 0 amide bonds. The summed E-state index contributed by atoms with van der Waals surface area (Å²) in [6, 6.07) is 12.3. The lowest BCUT2D eigenvalue weighted by molar-refractivity contribution is 0.109. The highest BCUT2D eigenvalue weighted by atomic mass is 127. The number of aromatic amines is 1. The molecular weight excluding hydrogens is 359 g/mol. The molecule has 0 unspecified atom stereocenters. The first kappa shape index (κ1) is 12.1. The smallest absolute Gasteiger partial charge is 0.140 e. The SMILES string of the molecule is Ic1n[nH]c2cc(COCc3ccccc3)sc12. The average Bonchev–Trinajstić information content (AvgIpc) is 2.94. The molecule has 2 heterocycles. The molecule has 5 heteroatoms. The number of benzene rings is 1. The maximum Gasteiger partial charge on any atom is 0.140 e. The summed E-state index contributed by atoms with van der Waals surface area (Å²) in [7, 11) is 0. The summed E-state index contributed by atoms with van der Waals surface area (Å²) in [5.41, 5.74) is 2.30. The number of aromatic nitrogens is 2. The van der Waals surface area contributed by atoms with Crippen molar-refractivity contribution >= 4 is 44.1 Å². The van der Waals surface area contributed by atoms with E-state index in [0.717, 1.165) is 9.22 Å². The Balaban J connectivity index is 1.63. The highest BCUT2D eigenvalue weighted by Crippen LogP contribution is 2.28. The third-order valence-corrected chi connectivity index (χ3v) is 4.86. The maximum atomic E-state index is 5.72. The molecule has 0 saturated heterocycles. The van der Waals surface area contributed by atoms with E-state index in [1.807, 2.05) is 18.2 Å². The first-order chi connectivity index (χ1) is 8.83. The molecular formula is C13H11IN2OS. The summed E-state index contributed by atoms with van der Waals surface area (Å²) in [5.74, 6) is 0. The van der Waals surface area contributed by atoms with Crippen molar-refractivity contribution in [2.75, 3.05) is 0 Å². The van der Waals surface area contributed by atoms with E-state index in [1.165, 1.54) is 15.1 Å². The van der Waals surface area contributed by atoms with Crippen molar-refractivity contribution in [2.45, 2.75) is 13.2 Å². The second-order valence-electron chi connectivity index (χ2n) is 3.95. The molecule has 0 spiro atoms. The normalized spacial score (nSPS) is 11.2. The topological polar surface area (TPSA) is 37.9 Å². The fourth-order valence-electron chi connectivity index (χ4n) is 1.75. The monoisotopic (exact) mass is 370 g/mol. The van der Waals surface area contributed by atoms with Gasteiger partial charge in [-0.3, -0.25) is 5.10 Å². The number of fused-ring (bicyclic) bond motifs is 1. The van der Waals surface area contributed by atoms with Crippen LogP contribution in [-0.2, 0) is 18.0 Å². The Kier molecular flexibility index (Phi) is 3.62. The standard InChI is InChI=1S/C13H11IN2OS/c14-13-12-11(15-16-13)6-10(18-12)8-17-7-9-4-2-1-3-5-9/h1-6H,7-8H2,(H,15,16). The van der Waals surface area contributed by atoms with Crippen molar-refractivity contribution in [1.82, 2.24) is 10.2 Å². The number of nitrogens with zero attached hydrogens (tertiary/aromatic N) is 1. The second kappa shape index (κ2) is 5.38. The minimum absolute atomic E-state index is 0.651. The average molecular weight is 370 g/mol. The molecule has 0 fully saturated rings. The van der Waals surface area contributed by atoms with Crippen LogP contribution in [0.3, 0.4) is 0 Å². The van der Waals surface area contributed by atoms with Gasteiger partial charge in [-0.15, -0.1) is 11.3 Å². The zero-order valence-corrected chi connectivity index (χ0v) is 12.5. The largest absolute Gasteiger partial charge is 0.371 e. The number of nitrogens with one attached hydrogen (secondary N) is 1. The minimum Gasteiger partial charge on any atom is -0.371 e. The van der Waals surface area contributed by atoms with Crippen LogP contribution in [0, 0.1) is 3.70 Å². The van der Waals surface area contributed by atoms with Gasteiger partial charge < -0.3 is 4.74 Å². The van der Waals surface area contributed by atoms with Gasteiger partial charge >= 0.3 is 0 Å². The number of hydrogen-bond acceptors (Lipinski definition) is 3. The van der Waals surface area contributed by atoms with E-state index >= 15 is 0 Å². The molecule has 92 valence electrons. The molecule has 2 aromatic heterocycles. The molecule has 3 rings (SSSR count). The van der Waals surface area contributed by atoms with Gasteiger partial charge in [-0.1, -0.05) is 30.3 Å². The van der Waals surface area contributed by atoms with Crippen LogP contribution in [0.5, 0.6) is 0 Å². The summed E-state index contributed by atoms with van der Waals surface area (Å²) in [5, 5.41) is 7.17. The first-order valence-corrected chi connectivity index (χ1v) is 7.46. The lowest BCUT2D eigenvalue weighted by Crippen LogP contribution is -1.91. The van der Waals surface area contributed by atoms with Crippen LogP contribution in [0.2, 0.25) is 0 Å². The van der Waals surface area contributed by atoms with E-state index in [-0.39, 0.29) is 0 Å². The van der Waals surface area contributed by atoms with Crippen molar-refractivity contribution in [1.29, 1.82) is 0 Å². The highest BCUT2D eigenvalue weighted by molar-refractivity contribution is 14.1. The molecule has 0 aliphatic carbocycles. The summed E-state index contributed by atoms with van der Waals surface area (Å²) in [6.45, 7) is 1.31. The van der Waals surface area contributed by atoms with Gasteiger partial charge in [-0.25, -0.2) is 0 Å². The molecule has 0 aliphatic heterocycles. The summed E-state index contributed by atoms with van der Waals surface area (Å²) >= 11 is 3.98. The molecule has 0 radical (unpaired) electrons. The Labute approximate surface area is 122 Å². The molecule has 0 atom stereocenters. The molecule has 3 aromatic rings. The van der Waals surface area contributed by atoms with Gasteiger partial charge in [0, 0.05) is 4.88 Å². The molecule has 0 saturated carbocycles. The molecule has 1 N–H and O–H groups in total. The number of rotatable bonds is 4. The predicted molar refractivity (Wildman–Crippen MR) is 81.6 cm³/mol. The van der Waals surface area contributed by atoms with Crippen molar-refractivity contribution in [3.63, 3.8) is 0 Å². The molecule has 18 heavy (non-hydrogen) atoms. The van der Waals surface area contributed by atoms with Crippen molar-refractivity contribution in [3.8, 4) is 0 Å². The molecule has 0 bridgehead atoms. The van der Waals surface area contributed by atoms with Gasteiger partial charge in [0.1, 0.15) is 3.70 Å². The van der Waals surface area contributed by atoms with Crippen LogP contribution in [-0.4, -0.2) is 10.2 Å². The molecule has 0 aliphatic rings. The van der Waals surface area contributed by atoms with E-state index < -0.39 is 0 Å². The van der Waals surface area contributed by atoms with Gasteiger partial charge in [0.2, 0.25) is 0 Å². The van der Waals surface area contributed by atoms with E-state index in [2.05, 4.69) is 51.0 Å². The number of H-pyrrole nitrogens is 1. The quantitative estimate of drug-likeness (QED) is 0.707. The van der Waals surface area contributed by atoms with Crippen LogP contribution in [0.1, 0.15) is 10.4 Å². The Hall–Kier alpha value is -0.920. The minimum atomic E-state index is 0.651. The Morgan fingerprint density at radius 2 is 2.06 bits per heavy atom. The lowest BCUT2D eigenvalue weighted by Gasteiger charge is -2.02. The van der Waals surface area contributed by atoms with Gasteiger partial charge in [-0.2, -0.15) is 5.10 Å². The highest BCUT2D eigenvalue weighted by Gasteiger charge is 2.07. The maximum absolute atomic E-state index is 5.72. The zero-order chi connectivity index (χ0) is 12.4. The Morgan fingerprint density at radius 3 is 2.83 bits per heavy atom. The predicted octanol–water partition coefficient (Wildman–Crippen LogP) is 3.95. The van der Waals surface area contributed by atoms with E-state index in [1.54, 1.807) is 11.3 Å². The number of hydrogen-bond donors (Lipinski definition) is 1. The fraction of sp³-hybridized carbons (Fsp3) is 0.154. The van der Waals surface area contributed by atoms with Crippen LogP contribution in [0.4, 0.5) is 0 Å². The van der Waals surface area contributed by atoms with Crippen LogP contribution in [0.15, 0.2) is 36.4 Å². The van der Waals surface area contributed by atoms with Crippen molar-refractivity contribution in [3.05, 3.63) is 50.5 Å².